The molecule has 0 aliphatic heterocycles. The third-order valence-electron chi connectivity index (χ3n) is 2.00. The first kappa shape index (κ1) is 10.9. The van der Waals surface area contributed by atoms with E-state index in [0.717, 1.165) is 16.9 Å². The van der Waals surface area contributed by atoms with E-state index in [2.05, 4.69) is 9.97 Å². The lowest BCUT2D eigenvalue weighted by Crippen LogP contribution is -1.95. The Balaban J connectivity index is 2.53. The summed E-state index contributed by atoms with van der Waals surface area (Å²) in [7, 11) is 0. The van der Waals surface area contributed by atoms with Gasteiger partial charge in [0.2, 0.25) is 0 Å². The summed E-state index contributed by atoms with van der Waals surface area (Å²) in [5.41, 5.74) is 0.804. The molecule has 0 saturated heterocycles. The van der Waals surface area contributed by atoms with Crippen LogP contribution in [0.3, 0.4) is 0 Å². The molecule has 0 bridgehead atoms. The Hall–Kier alpha value is -0.640. The molecule has 0 unspecified atom stereocenters. The highest BCUT2D eigenvalue weighted by molar-refractivity contribution is 7.13. The van der Waals surface area contributed by atoms with Crippen molar-refractivity contribution in [1.29, 1.82) is 0 Å². The summed E-state index contributed by atoms with van der Waals surface area (Å²) in [5, 5.41) is 2.86. The molecule has 0 spiro atoms. The van der Waals surface area contributed by atoms with Crippen LogP contribution < -0.4 is 0 Å². The SMILES string of the molecule is CCc1c(Cl)nc(-c2cccs2)nc1Cl. The first-order chi connectivity index (χ1) is 7.22. The van der Waals surface area contributed by atoms with Gasteiger partial charge in [-0.05, 0) is 17.9 Å². The molecule has 2 heterocycles. The maximum atomic E-state index is 6.02. The Morgan fingerprint density at radius 3 is 2.40 bits per heavy atom. The summed E-state index contributed by atoms with van der Waals surface area (Å²) in [5.74, 6) is 0.595. The van der Waals surface area contributed by atoms with Crippen molar-refractivity contribution in [3.63, 3.8) is 0 Å². The molecule has 0 amide bonds. The van der Waals surface area contributed by atoms with Crippen LogP contribution >= 0.6 is 34.5 Å². The number of halogens is 2. The van der Waals surface area contributed by atoms with Gasteiger partial charge in [-0.2, -0.15) is 0 Å². The Labute approximate surface area is 102 Å². The van der Waals surface area contributed by atoms with Crippen LogP contribution in [0.15, 0.2) is 17.5 Å². The van der Waals surface area contributed by atoms with Gasteiger partial charge in [0.1, 0.15) is 10.3 Å². The van der Waals surface area contributed by atoms with Crippen LogP contribution in [-0.4, -0.2) is 9.97 Å². The van der Waals surface area contributed by atoms with Crippen LogP contribution in [0, 0.1) is 0 Å². The molecule has 78 valence electrons. The molecular weight excluding hydrogens is 251 g/mol. The van der Waals surface area contributed by atoms with E-state index in [-0.39, 0.29) is 0 Å². The van der Waals surface area contributed by atoms with E-state index >= 15 is 0 Å². The summed E-state index contributed by atoms with van der Waals surface area (Å²) in [4.78, 5) is 9.43. The zero-order chi connectivity index (χ0) is 10.8. The first-order valence-corrected chi connectivity index (χ1v) is 6.11. The number of thiophene rings is 1. The average molecular weight is 259 g/mol. The Morgan fingerprint density at radius 1 is 1.27 bits per heavy atom. The van der Waals surface area contributed by atoms with E-state index in [0.29, 0.717) is 16.1 Å². The largest absolute Gasteiger partial charge is 0.215 e. The fourth-order valence-electron chi connectivity index (χ4n) is 1.24. The van der Waals surface area contributed by atoms with Crippen LogP contribution in [-0.2, 0) is 6.42 Å². The Bertz CT molecular complexity index is 445. The van der Waals surface area contributed by atoms with Gasteiger partial charge in [0.25, 0.3) is 0 Å². The molecule has 0 saturated carbocycles. The van der Waals surface area contributed by atoms with Gasteiger partial charge >= 0.3 is 0 Å². The molecule has 2 rings (SSSR count). The fourth-order valence-corrected chi connectivity index (χ4v) is 2.55. The molecule has 0 aromatic carbocycles. The third-order valence-corrected chi connectivity index (χ3v) is 3.49. The molecule has 5 heteroatoms. The van der Waals surface area contributed by atoms with Crippen molar-refractivity contribution in [3.8, 4) is 10.7 Å². The van der Waals surface area contributed by atoms with Crippen molar-refractivity contribution in [2.24, 2.45) is 0 Å². The van der Waals surface area contributed by atoms with E-state index in [1.54, 1.807) is 11.3 Å². The fraction of sp³-hybridized carbons (Fsp3) is 0.200. The van der Waals surface area contributed by atoms with E-state index < -0.39 is 0 Å². The minimum absolute atomic E-state index is 0.445. The van der Waals surface area contributed by atoms with Crippen LogP contribution in [0.4, 0.5) is 0 Å². The van der Waals surface area contributed by atoms with E-state index in [1.807, 2.05) is 24.4 Å². The maximum Gasteiger partial charge on any atom is 0.172 e. The average Bonchev–Trinajstić information content (AvgIpc) is 2.69. The smallest absolute Gasteiger partial charge is 0.172 e. The zero-order valence-electron chi connectivity index (χ0n) is 8.00. The van der Waals surface area contributed by atoms with Crippen molar-refractivity contribution < 1.29 is 0 Å². The van der Waals surface area contributed by atoms with Crippen LogP contribution in [0.2, 0.25) is 10.3 Å². The second-order valence-electron chi connectivity index (χ2n) is 2.94. The summed E-state index contributed by atoms with van der Waals surface area (Å²) < 4.78 is 0. The van der Waals surface area contributed by atoms with Gasteiger partial charge in [-0.25, -0.2) is 9.97 Å². The van der Waals surface area contributed by atoms with Gasteiger partial charge in [-0.1, -0.05) is 36.2 Å². The first-order valence-electron chi connectivity index (χ1n) is 4.48. The number of hydrogen-bond acceptors (Lipinski definition) is 3. The second kappa shape index (κ2) is 4.47. The molecule has 0 aliphatic rings. The van der Waals surface area contributed by atoms with E-state index in [1.165, 1.54) is 0 Å². The molecule has 0 aliphatic carbocycles. The van der Waals surface area contributed by atoms with Gasteiger partial charge in [0, 0.05) is 5.56 Å². The minimum atomic E-state index is 0.445. The van der Waals surface area contributed by atoms with Crippen molar-refractivity contribution in [3.05, 3.63) is 33.4 Å². The highest BCUT2D eigenvalue weighted by Crippen LogP contribution is 2.27. The van der Waals surface area contributed by atoms with Gasteiger partial charge in [-0.15, -0.1) is 11.3 Å². The minimum Gasteiger partial charge on any atom is -0.215 e. The summed E-state index contributed by atoms with van der Waals surface area (Å²) in [6, 6.07) is 3.89. The lowest BCUT2D eigenvalue weighted by atomic mass is 10.2. The van der Waals surface area contributed by atoms with Crippen LogP contribution in [0.5, 0.6) is 0 Å². The number of aromatic nitrogens is 2. The third kappa shape index (κ3) is 2.14. The Kier molecular flexibility index (Phi) is 3.24. The molecular formula is C10H8Cl2N2S. The number of nitrogens with zero attached hydrogens (tertiary/aromatic N) is 2. The molecule has 2 aromatic rings. The molecule has 0 fully saturated rings. The van der Waals surface area contributed by atoms with Crippen molar-refractivity contribution in [2.75, 3.05) is 0 Å². The van der Waals surface area contributed by atoms with Gasteiger partial charge in [0.05, 0.1) is 4.88 Å². The van der Waals surface area contributed by atoms with Gasteiger partial charge < -0.3 is 0 Å². The van der Waals surface area contributed by atoms with Gasteiger partial charge in [-0.3, -0.25) is 0 Å². The maximum absolute atomic E-state index is 6.02. The topological polar surface area (TPSA) is 25.8 Å². The number of hydrogen-bond donors (Lipinski definition) is 0. The van der Waals surface area contributed by atoms with Crippen molar-refractivity contribution in [1.82, 2.24) is 9.97 Å². The Morgan fingerprint density at radius 2 is 1.93 bits per heavy atom. The quantitative estimate of drug-likeness (QED) is 0.759. The monoisotopic (exact) mass is 258 g/mol. The van der Waals surface area contributed by atoms with E-state index in [9.17, 15) is 0 Å². The summed E-state index contributed by atoms with van der Waals surface area (Å²) in [6.45, 7) is 1.97. The summed E-state index contributed by atoms with van der Waals surface area (Å²) in [6.07, 6.45) is 0.738. The van der Waals surface area contributed by atoms with Crippen LogP contribution in [0.1, 0.15) is 12.5 Å². The predicted octanol–water partition coefficient (Wildman–Crippen LogP) is 4.07. The molecule has 0 radical (unpaired) electrons. The molecule has 2 aromatic heterocycles. The van der Waals surface area contributed by atoms with Crippen molar-refractivity contribution in [2.45, 2.75) is 13.3 Å². The molecule has 2 nitrogen and oxygen atoms in total. The summed E-state index contributed by atoms with van der Waals surface area (Å²) >= 11 is 13.6. The highest BCUT2D eigenvalue weighted by atomic mass is 35.5. The second-order valence-corrected chi connectivity index (χ2v) is 4.60. The molecule has 0 atom stereocenters. The lowest BCUT2D eigenvalue weighted by Gasteiger charge is -2.04. The molecule has 0 N–H and O–H groups in total. The predicted molar refractivity (Wildman–Crippen MR) is 64.7 cm³/mol. The number of rotatable bonds is 2. The van der Waals surface area contributed by atoms with Crippen molar-refractivity contribution >= 4 is 34.5 Å². The molecule has 15 heavy (non-hydrogen) atoms. The van der Waals surface area contributed by atoms with Gasteiger partial charge in [0.15, 0.2) is 5.82 Å². The lowest BCUT2D eigenvalue weighted by molar-refractivity contribution is 1.05. The zero-order valence-corrected chi connectivity index (χ0v) is 10.3. The van der Waals surface area contributed by atoms with Crippen LogP contribution in [0.25, 0.3) is 10.7 Å². The highest BCUT2D eigenvalue weighted by Gasteiger charge is 2.11. The normalized spacial score (nSPS) is 10.6. The standard InChI is InChI=1S/C10H8Cl2N2S/c1-2-6-8(11)13-10(14-9(6)12)7-4-3-5-15-7/h3-5H,2H2,1H3. The van der Waals surface area contributed by atoms with E-state index in [4.69, 9.17) is 23.2 Å².